The van der Waals surface area contributed by atoms with Crippen molar-refractivity contribution < 1.29 is 9.53 Å². The molecule has 1 aromatic heterocycles. The van der Waals surface area contributed by atoms with E-state index in [0.29, 0.717) is 19.0 Å². The Morgan fingerprint density at radius 2 is 2.28 bits per heavy atom. The number of nitrogens with zero attached hydrogens (tertiary/aromatic N) is 3. The molecule has 6 heteroatoms. The third kappa shape index (κ3) is 5.06. The summed E-state index contributed by atoms with van der Waals surface area (Å²) < 4.78 is 7.05. The molecule has 1 aromatic carbocycles. The average molecular weight is 342 g/mol. The van der Waals surface area contributed by atoms with E-state index in [4.69, 9.17) is 4.74 Å². The van der Waals surface area contributed by atoms with Crippen LogP contribution in [0, 0.1) is 5.92 Å². The first-order valence-corrected chi connectivity index (χ1v) is 8.72. The third-order valence-electron chi connectivity index (χ3n) is 4.64. The number of aromatic nitrogens is 2. The molecule has 3 rings (SSSR count). The van der Waals surface area contributed by atoms with Crippen LogP contribution in [0.2, 0.25) is 0 Å². The van der Waals surface area contributed by atoms with Crippen LogP contribution in [0.25, 0.3) is 0 Å². The zero-order chi connectivity index (χ0) is 17.6. The molecule has 2 heterocycles. The molecule has 1 atom stereocenters. The van der Waals surface area contributed by atoms with Crippen molar-refractivity contribution in [1.29, 1.82) is 0 Å². The summed E-state index contributed by atoms with van der Waals surface area (Å²) in [7, 11) is 3.59. The van der Waals surface area contributed by atoms with E-state index in [1.165, 1.54) is 5.56 Å². The van der Waals surface area contributed by atoms with Crippen LogP contribution in [0.15, 0.2) is 36.7 Å². The maximum atomic E-state index is 12.2. The number of ether oxygens (including phenoxy) is 1. The molecule has 1 aliphatic rings. The van der Waals surface area contributed by atoms with Crippen molar-refractivity contribution in [1.82, 2.24) is 20.0 Å². The van der Waals surface area contributed by atoms with Gasteiger partial charge in [0.15, 0.2) is 0 Å². The molecule has 0 bridgehead atoms. The minimum absolute atomic E-state index is 0.0739. The average Bonchev–Trinajstić information content (AvgIpc) is 3.22. The Morgan fingerprint density at radius 3 is 3.04 bits per heavy atom. The second-order valence-corrected chi connectivity index (χ2v) is 6.74. The fraction of sp³-hybridized carbons (Fsp3) is 0.474. The zero-order valence-corrected chi connectivity index (χ0v) is 14.9. The summed E-state index contributed by atoms with van der Waals surface area (Å²) in [4.78, 5) is 14.4. The van der Waals surface area contributed by atoms with Crippen LogP contribution in [0.3, 0.4) is 0 Å². The van der Waals surface area contributed by atoms with E-state index in [9.17, 15) is 4.79 Å². The lowest BCUT2D eigenvalue weighted by Crippen LogP contribution is -2.35. The lowest BCUT2D eigenvalue weighted by atomic mass is 10.0. The van der Waals surface area contributed by atoms with E-state index in [-0.39, 0.29) is 5.91 Å². The summed E-state index contributed by atoms with van der Waals surface area (Å²) in [5, 5.41) is 7.22. The van der Waals surface area contributed by atoms with Crippen molar-refractivity contribution in [2.75, 3.05) is 26.7 Å². The molecule has 0 spiro atoms. The molecule has 1 unspecified atom stereocenters. The van der Waals surface area contributed by atoms with Crippen LogP contribution in [0.4, 0.5) is 0 Å². The second kappa shape index (κ2) is 8.16. The number of nitrogens with one attached hydrogen (secondary N) is 1. The van der Waals surface area contributed by atoms with Gasteiger partial charge in [0.2, 0.25) is 5.91 Å². The Hall–Kier alpha value is -2.34. The SMILES string of the molecule is COc1cccc(CNC(=O)CN2CCC(Cc3cnn(C)c3)C2)c1. The van der Waals surface area contributed by atoms with E-state index in [0.717, 1.165) is 37.2 Å². The topological polar surface area (TPSA) is 59.4 Å². The minimum atomic E-state index is 0.0739. The quantitative estimate of drug-likeness (QED) is 0.830. The van der Waals surface area contributed by atoms with Crippen molar-refractivity contribution in [2.45, 2.75) is 19.4 Å². The van der Waals surface area contributed by atoms with Crippen molar-refractivity contribution in [2.24, 2.45) is 13.0 Å². The molecular weight excluding hydrogens is 316 g/mol. The van der Waals surface area contributed by atoms with Crippen LogP contribution in [0.5, 0.6) is 5.75 Å². The molecule has 1 saturated heterocycles. The second-order valence-electron chi connectivity index (χ2n) is 6.74. The number of carbonyl (C=O) groups excluding carboxylic acids is 1. The van der Waals surface area contributed by atoms with E-state index in [2.05, 4.69) is 21.5 Å². The maximum absolute atomic E-state index is 12.2. The fourth-order valence-corrected chi connectivity index (χ4v) is 3.38. The highest BCUT2D eigenvalue weighted by atomic mass is 16.5. The third-order valence-corrected chi connectivity index (χ3v) is 4.64. The fourth-order valence-electron chi connectivity index (χ4n) is 3.38. The number of methoxy groups -OCH3 is 1. The smallest absolute Gasteiger partial charge is 0.234 e. The standard InChI is InChI=1S/C19H26N4O2/c1-22-12-17(11-21-22)8-16-6-7-23(13-16)14-19(24)20-10-15-4-3-5-18(9-15)25-2/h3-5,9,11-12,16H,6-8,10,13-14H2,1-2H3,(H,20,24). The summed E-state index contributed by atoms with van der Waals surface area (Å²) in [6.07, 6.45) is 6.18. The molecule has 6 nitrogen and oxygen atoms in total. The lowest BCUT2D eigenvalue weighted by molar-refractivity contribution is -0.122. The van der Waals surface area contributed by atoms with Crippen LogP contribution in [-0.2, 0) is 24.8 Å². The molecule has 25 heavy (non-hydrogen) atoms. The summed E-state index contributed by atoms with van der Waals surface area (Å²) in [6.45, 7) is 2.95. The van der Waals surface area contributed by atoms with Crippen LogP contribution < -0.4 is 10.1 Å². The first kappa shape index (κ1) is 17.5. The van der Waals surface area contributed by atoms with E-state index in [1.54, 1.807) is 7.11 Å². The summed E-state index contributed by atoms with van der Waals surface area (Å²) in [5.74, 6) is 1.49. The Bertz CT molecular complexity index is 713. The molecule has 1 aliphatic heterocycles. The summed E-state index contributed by atoms with van der Waals surface area (Å²) >= 11 is 0. The van der Waals surface area contributed by atoms with Gasteiger partial charge in [-0.1, -0.05) is 12.1 Å². The number of hydrogen-bond donors (Lipinski definition) is 1. The van der Waals surface area contributed by atoms with Crippen LogP contribution in [-0.4, -0.2) is 47.3 Å². The molecule has 134 valence electrons. The monoisotopic (exact) mass is 342 g/mol. The predicted octanol–water partition coefficient (Wildman–Crippen LogP) is 1.61. The van der Waals surface area contributed by atoms with E-state index in [1.807, 2.05) is 42.2 Å². The van der Waals surface area contributed by atoms with Gasteiger partial charge in [-0.3, -0.25) is 14.4 Å². The molecular formula is C19H26N4O2. The van der Waals surface area contributed by atoms with Gasteiger partial charge in [-0.15, -0.1) is 0 Å². The van der Waals surface area contributed by atoms with Crippen LogP contribution >= 0.6 is 0 Å². The highest BCUT2D eigenvalue weighted by molar-refractivity contribution is 5.78. The van der Waals surface area contributed by atoms with Gasteiger partial charge in [0.1, 0.15) is 5.75 Å². The molecule has 1 amide bonds. The van der Waals surface area contributed by atoms with Gasteiger partial charge in [0.25, 0.3) is 0 Å². The number of likely N-dealkylation sites (tertiary alicyclic amines) is 1. The Balaban J connectivity index is 1.41. The largest absolute Gasteiger partial charge is 0.497 e. The van der Waals surface area contributed by atoms with Gasteiger partial charge in [0.05, 0.1) is 19.9 Å². The van der Waals surface area contributed by atoms with Gasteiger partial charge >= 0.3 is 0 Å². The van der Waals surface area contributed by atoms with Gasteiger partial charge in [0, 0.05) is 26.3 Å². The minimum Gasteiger partial charge on any atom is -0.497 e. The molecule has 2 aromatic rings. The van der Waals surface area contributed by atoms with Gasteiger partial charge in [-0.05, 0) is 48.6 Å². The number of hydrogen-bond acceptors (Lipinski definition) is 4. The summed E-state index contributed by atoms with van der Waals surface area (Å²) in [5.41, 5.74) is 2.32. The molecule has 1 fully saturated rings. The number of carbonyl (C=O) groups is 1. The number of amides is 1. The molecule has 0 saturated carbocycles. The lowest BCUT2D eigenvalue weighted by Gasteiger charge is -2.15. The molecule has 0 radical (unpaired) electrons. The number of benzene rings is 1. The Labute approximate surface area is 148 Å². The Morgan fingerprint density at radius 1 is 1.40 bits per heavy atom. The normalized spacial score (nSPS) is 17.6. The van der Waals surface area contributed by atoms with E-state index < -0.39 is 0 Å². The van der Waals surface area contributed by atoms with Gasteiger partial charge in [-0.2, -0.15) is 5.10 Å². The van der Waals surface area contributed by atoms with Crippen molar-refractivity contribution in [3.8, 4) is 5.75 Å². The Kier molecular flexibility index (Phi) is 5.71. The predicted molar refractivity (Wildman–Crippen MR) is 96.3 cm³/mol. The number of rotatable bonds is 7. The maximum Gasteiger partial charge on any atom is 0.234 e. The highest BCUT2D eigenvalue weighted by Gasteiger charge is 2.24. The molecule has 1 N–H and O–H groups in total. The van der Waals surface area contributed by atoms with E-state index >= 15 is 0 Å². The molecule has 0 aliphatic carbocycles. The van der Waals surface area contributed by atoms with Gasteiger partial charge < -0.3 is 10.1 Å². The van der Waals surface area contributed by atoms with Crippen molar-refractivity contribution in [3.05, 3.63) is 47.8 Å². The highest BCUT2D eigenvalue weighted by Crippen LogP contribution is 2.20. The zero-order valence-electron chi connectivity index (χ0n) is 14.9. The van der Waals surface area contributed by atoms with Crippen molar-refractivity contribution in [3.63, 3.8) is 0 Å². The number of aryl methyl sites for hydroxylation is 1. The first-order chi connectivity index (χ1) is 12.1. The van der Waals surface area contributed by atoms with Crippen molar-refractivity contribution >= 4 is 5.91 Å². The van der Waals surface area contributed by atoms with Crippen LogP contribution in [0.1, 0.15) is 17.5 Å². The van der Waals surface area contributed by atoms with Gasteiger partial charge in [-0.25, -0.2) is 0 Å². The summed E-state index contributed by atoms with van der Waals surface area (Å²) in [6, 6.07) is 7.77. The first-order valence-electron chi connectivity index (χ1n) is 8.72.